The van der Waals surface area contributed by atoms with Crippen LogP contribution in [-0.4, -0.2) is 65.8 Å². The van der Waals surface area contributed by atoms with Gasteiger partial charge >= 0.3 is 0 Å². The lowest BCUT2D eigenvalue weighted by Gasteiger charge is -2.12. The van der Waals surface area contributed by atoms with E-state index in [0.717, 1.165) is 46.5 Å². The molecular weight excluding hydrogens is 380 g/mol. The summed E-state index contributed by atoms with van der Waals surface area (Å²) in [6.45, 7) is 1.46. The number of ketones is 2. The number of H-pyrrole nitrogens is 2. The monoisotopic (exact) mass is 406 g/mol. The number of fused-ring (bicyclic) bond motifs is 2. The molecule has 0 aliphatic heterocycles. The molecule has 156 valence electrons. The zero-order chi connectivity index (χ0) is 21.4. The molecule has 1 aliphatic rings. The first-order valence-electron chi connectivity index (χ1n) is 10.1. The molecule has 2 heterocycles. The van der Waals surface area contributed by atoms with Gasteiger partial charge in [-0.3, -0.25) is 9.59 Å². The fourth-order valence-corrected chi connectivity index (χ4v) is 4.12. The van der Waals surface area contributed by atoms with Crippen molar-refractivity contribution in [1.29, 1.82) is 0 Å². The maximum absolute atomic E-state index is 12.7. The topological polar surface area (TPSA) is 101 Å². The molecule has 0 bridgehead atoms. The Hall–Kier alpha value is -3.16. The van der Waals surface area contributed by atoms with E-state index in [4.69, 9.17) is 0 Å². The maximum atomic E-state index is 12.7. The molecule has 0 amide bonds. The molecule has 0 fully saturated rings. The molecule has 4 rings (SSSR count). The molecule has 2 aromatic heterocycles. The highest BCUT2D eigenvalue weighted by atomic mass is 16.3. The lowest BCUT2D eigenvalue weighted by Crippen LogP contribution is -2.17. The first-order chi connectivity index (χ1) is 14.4. The van der Waals surface area contributed by atoms with Gasteiger partial charge in [0.25, 0.3) is 0 Å². The Bertz CT molecular complexity index is 1170. The number of hydrogen-bond donors (Lipinski definition) is 4. The number of benzene rings is 1. The maximum Gasteiger partial charge on any atom is 0.202 e. The lowest BCUT2D eigenvalue weighted by molar-refractivity contribution is 0.0991. The van der Waals surface area contributed by atoms with Crippen LogP contribution in [0.5, 0.6) is 5.75 Å². The van der Waals surface area contributed by atoms with E-state index in [1.165, 1.54) is 12.2 Å². The quantitative estimate of drug-likeness (QED) is 0.483. The minimum Gasteiger partial charge on any atom is -0.507 e. The van der Waals surface area contributed by atoms with E-state index in [1.54, 1.807) is 12.1 Å². The third-order valence-electron chi connectivity index (χ3n) is 5.57. The van der Waals surface area contributed by atoms with E-state index < -0.39 is 0 Å². The molecule has 4 N–H and O–H groups in total. The van der Waals surface area contributed by atoms with E-state index in [-0.39, 0.29) is 17.3 Å². The summed E-state index contributed by atoms with van der Waals surface area (Å²) in [5, 5.41) is 14.5. The number of carbonyl (C=O) groups excluding carboxylic acids is 2. The van der Waals surface area contributed by atoms with Crippen molar-refractivity contribution >= 4 is 22.5 Å². The van der Waals surface area contributed by atoms with Gasteiger partial charge in [-0.2, -0.15) is 0 Å². The highest BCUT2D eigenvalue weighted by Crippen LogP contribution is 2.39. The van der Waals surface area contributed by atoms with E-state index >= 15 is 0 Å². The number of nitrogens with one attached hydrogen (secondary N) is 3. The van der Waals surface area contributed by atoms with Crippen LogP contribution >= 0.6 is 0 Å². The summed E-state index contributed by atoms with van der Waals surface area (Å²) in [6, 6.07) is 5.39. The third-order valence-corrected chi connectivity index (χ3v) is 5.57. The third kappa shape index (κ3) is 3.36. The van der Waals surface area contributed by atoms with Crippen molar-refractivity contribution in [2.45, 2.75) is 12.8 Å². The fraction of sp³-hybridized carbons (Fsp3) is 0.304. The van der Waals surface area contributed by atoms with Gasteiger partial charge < -0.3 is 25.3 Å². The summed E-state index contributed by atoms with van der Waals surface area (Å²) >= 11 is 0. The Morgan fingerprint density at radius 1 is 0.967 bits per heavy atom. The predicted molar refractivity (Wildman–Crippen MR) is 117 cm³/mol. The van der Waals surface area contributed by atoms with Crippen LogP contribution < -0.4 is 5.32 Å². The van der Waals surface area contributed by atoms with Gasteiger partial charge in [0.2, 0.25) is 5.78 Å². The minimum absolute atomic E-state index is 0.156. The van der Waals surface area contributed by atoms with Gasteiger partial charge in [0.1, 0.15) is 5.75 Å². The molecule has 1 aromatic carbocycles. The SMILES string of the molecule is CNCCc1c(-c2[nH]c3c(c2CCN(C)C)C(=O)C=CC3=O)[nH]c2cccc(O)c12. The highest BCUT2D eigenvalue weighted by Gasteiger charge is 2.30. The number of aromatic amines is 2. The van der Waals surface area contributed by atoms with Crippen LogP contribution in [-0.2, 0) is 12.8 Å². The normalized spacial score (nSPS) is 13.6. The van der Waals surface area contributed by atoms with Gasteiger partial charge in [0.05, 0.1) is 22.6 Å². The summed E-state index contributed by atoms with van der Waals surface area (Å²) in [7, 11) is 5.84. The second kappa shape index (κ2) is 7.93. The fourth-order valence-electron chi connectivity index (χ4n) is 4.12. The van der Waals surface area contributed by atoms with Crippen LogP contribution in [0.4, 0.5) is 0 Å². The number of allylic oxidation sites excluding steroid dienone is 2. The van der Waals surface area contributed by atoms with E-state index in [0.29, 0.717) is 24.1 Å². The second-order valence-corrected chi connectivity index (χ2v) is 7.88. The molecular formula is C23H26N4O3. The van der Waals surface area contributed by atoms with Crippen LogP contribution in [0.3, 0.4) is 0 Å². The Kier molecular flexibility index (Phi) is 5.32. The van der Waals surface area contributed by atoms with Gasteiger partial charge in [-0.1, -0.05) is 6.07 Å². The van der Waals surface area contributed by atoms with E-state index in [9.17, 15) is 14.7 Å². The number of phenols is 1. The Labute approximate surface area is 174 Å². The van der Waals surface area contributed by atoms with Crippen molar-refractivity contribution in [2.24, 2.45) is 0 Å². The summed E-state index contributed by atoms with van der Waals surface area (Å²) in [5.74, 6) is -0.143. The largest absolute Gasteiger partial charge is 0.507 e. The number of hydrogen-bond acceptors (Lipinski definition) is 5. The van der Waals surface area contributed by atoms with Crippen LogP contribution in [0.1, 0.15) is 32.0 Å². The smallest absolute Gasteiger partial charge is 0.202 e. The van der Waals surface area contributed by atoms with E-state index in [1.807, 2.05) is 32.1 Å². The number of rotatable bonds is 7. The summed E-state index contributed by atoms with van der Waals surface area (Å²) in [4.78, 5) is 33.9. The Morgan fingerprint density at radius 2 is 1.70 bits per heavy atom. The summed E-state index contributed by atoms with van der Waals surface area (Å²) < 4.78 is 0. The van der Waals surface area contributed by atoms with Crippen molar-refractivity contribution in [1.82, 2.24) is 20.2 Å². The average Bonchev–Trinajstić information content (AvgIpc) is 3.27. The predicted octanol–water partition coefficient (Wildman–Crippen LogP) is 2.67. The molecule has 7 nitrogen and oxygen atoms in total. The van der Waals surface area contributed by atoms with Crippen molar-refractivity contribution in [2.75, 3.05) is 34.2 Å². The first-order valence-corrected chi connectivity index (χ1v) is 10.1. The average molecular weight is 406 g/mol. The number of nitrogens with zero attached hydrogens (tertiary/aromatic N) is 1. The zero-order valence-corrected chi connectivity index (χ0v) is 17.4. The molecule has 7 heteroatoms. The molecule has 3 aromatic rings. The number of phenolic OH excluding ortho intramolecular Hbond substituents is 1. The van der Waals surface area contributed by atoms with Crippen LogP contribution in [0, 0.1) is 0 Å². The lowest BCUT2D eigenvalue weighted by atomic mass is 9.94. The molecule has 1 aliphatic carbocycles. The number of aromatic nitrogens is 2. The van der Waals surface area contributed by atoms with Crippen LogP contribution in [0.2, 0.25) is 0 Å². The van der Waals surface area contributed by atoms with Crippen molar-refractivity contribution in [3.05, 3.63) is 52.7 Å². The number of likely N-dealkylation sites (N-methyl/N-ethyl adjacent to an activating group) is 2. The second-order valence-electron chi connectivity index (χ2n) is 7.88. The van der Waals surface area contributed by atoms with Gasteiger partial charge in [-0.15, -0.1) is 0 Å². The molecule has 0 spiro atoms. The molecule has 0 saturated carbocycles. The van der Waals surface area contributed by atoms with Gasteiger partial charge in [-0.25, -0.2) is 0 Å². The number of aromatic hydroxyl groups is 1. The Balaban J connectivity index is 1.97. The van der Waals surface area contributed by atoms with Gasteiger partial charge in [0.15, 0.2) is 5.78 Å². The number of carbonyl (C=O) groups is 2. The van der Waals surface area contributed by atoms with E-state index in [2.05, 4.69) is 15.3 Å². The first kappa shape index (κ1) is 20.1. The van der Waals surface area contributed by atoms with Gasteiger partial charge in [0, 0.05) is 17.4 Å². The van der Waals surface area contributed by atoms with Crippen molar-refractivity contribution in [3.8, 4) is 17.1 Å². The molecule has 30 heavy (non-hydrogen) atoms. The zero-order valence-electron chi connectivity index (χ0n) is 17.4. The van der Waals surface area contributed by atoms with Crippen LogP contribution in [0.25, 0.3) is 22.3 Å². The minimum atomic E-state index is -0.197. The highest BCUT2D eigenvalue weighted by molar-refractivity contribution is 6.23. The molecule has 0 radical (unpaired) electrons. The Morgan fingerprint density at radius 3 is 2.43 bits per heavy atom. The summed E-state index contributed by atoms with van der Waals surface area (Å²) in [6.07, 6.45) is 3.97. The molecule has 0 atom stereocenters. The van der Waals surface area contributed by atoms with Crippen LogP contribution in [0.15, 0.2) is 30.4 Å². The molecule has 0 unspecified atom stereocenters. The van der Waals surface area contributed by atoms with Crippen molar-refractivity contribution in [3.63, 3.8) is 0 Å². The molecule has 0 saturated heterocycles. The standard InChI is InChI=1S/C23H26N4O3/c1-24-11-9-13-19-15(5-4-6-16(19)28)25-21(13)22-14(10-12-27(2)3)20-17(29)7-8-18(30)23(20)26-22/h4-8,24-26,28H,9-12H2,1-3H3. The summed E-state index contributed by atoms with van der Waals surface area (Å²) in [5.41, 5.74) is 4.96. The van der Waals surface area contributed by atoms with Gasteiger partial charge in [-0.05, 0) is 75.9 Å². The van der Waals surface area contributed by atoms with Crippen molar-refractivity contribution < 1.29 is 14.7 Å².